The lowest BCUT2D eigenvalue weighted by molar-refractivity contribution is -0.122. The van der Waals surface area contributed by atoms with Gasteiger partial charge >= 0.3 is 0 Å². The summed E-state index contributed by atoms with van der Waals surface area (Å²) < 4.78 is 27.9. The molecule has 132 valence electrons. The van der Waals surface area contributed by atoms with Crippen molar-refractivity contribution in [3.05, 3.63) is 53.1 Å². The summed E-state index contributed by atoms with van der Waals surface area (Å²) in [6.45, 7) is 1.72. The molecule has 1 saturated carbocycles. The minimum absolute atomic E-state index is 0.0357. The Balaban J connectivity index is 1.83. The Labute approximate surface area is 152 Å². The van der Waals surface area contributed by atoms with E-state index in [0.29, 0.717) is 22.0 Å². The number of nitrogens with one attached hydrogen (secondary N) is 2. The average Bonchev–Trinajstić information content (AvgIpc) is 2.49. The molecular weight excluding hydrogens is 360 g/mol. The first-order valence-electron chi connectivity index (χ1n) is 8.05. The van der Waals surface area contributed by atoms with Gasteiger partial charge in [0.05, 0.1) is 4.90 Å². The van der Waals surface area contributed by atoms with E-state index in [-0.39, 0.29) is 16.7 Å². The molecule has 2 N–H and O–H groups in total. The zero-order chi connectivity index (χ0) is 18.0. The molecule has 0 spiro atoms. The normalized spacial score (nSPS) is 14.6. The van der Waals surface area contributed by atoms with Gasteiger partial charge in [-0.1, -0.05) is 24.1 Å². The van der Waals surface area contributed by atoms with Gasteiger partial charge in [-0.25, -0.2) is 8.42 Å². The molecule has 5 nitrogen and oxygen atoms in total. The minimum Gasteiger partial charge on any atom is -0.326 e. The van der Waals surface area contributed by atoms with Gasteiger partial charge in [0.1, 0.15) is 0 Å². The van der Waals surface area contributed by atoms with Crippen LogP contribution in [-0.2, 0) is 14.8 Å². The predicted molar refractivity (Wildman–Crippen MR) is 99.4 cm³/mol. The van der Waals surface area contributed by atoms with Crippen LogP contribution in [0.15, 0.2) is 47.4 Å². The van der Waals surface area contributed by atoms with Crippen LogP contribution in [0, 0.1) is 12.8 Å². The van der Waals surface area contributed by atoms with Crippen LogP contribution in [0.5, 0.6) is 0 Å². The highest BCUT2D eigenvalue weighted by atomic mass is 35.5. The number of benzene rings is 2. The zero-order valence-corrected chi connectivity index (χ0v) is 15.3. The fourth-order valence-corrected chi connectivity index (χ4v) is 4.07. The van der Waals surface area contributed by atoms with Crippen LogP contribution in [0.1, 0.15) is 24.8 Å². The summed E-state index contributed by atoms with van der Waals surface area (Å²) in [5.41, 5.74) is 1.51. The maximum Gasteiger partial charge on any atom is 0.262 e. The van der Waals surface area contributed by atoms with E-state index in [2.05, 4.69) is 10.0 Å². The Morgan fingerprint density at radius 2 is 1.72 bits per heavy atom. The van der Waals surface area contributed by atoms with Gasteiger partial charge in [0.2, 0.25) is 5.91 Å². The largest absolute Gasteiger partial charge is 0.326 e. The first-order valence-corrected chi connectivity index (χ1v) is 9.91. The van der Waals surface area contributed by atoms with Gasteiger partial charge in [-0.2, -0.15) is 0 Å². The predicted octanol–water partition coefficient (Wildman–Crippen LogP) is 4.19. The third-order valence-corrected chi connectivity index (χ3v) is 6.09. The second kappa shape index (κ2) is 7.06. The van der Waals surface area contributed by atoms with Crippen LogP contribution in [0.3, 0.4) is 0 Å². The second-order valence-corrected chi connectivity index (χ2v) is 8.30. The van der Waals surface area contributed by atoms with E-state index >= 15 is 0 Å². The highest BCUT2D eigenvalue weighted by Gasteiger charge is 2.25. The summed E-state index contributed by atoms with van der Waals surface area (Å²) in [5, 5.41) is 3.33. The van der Waals surface area contributed by atoms with Gasteiger partial charge in [0, 0.05) is 22.3 Å². The number of halogens is 1. The molecular formula is C18H19ClN2O3S. The maximum atomic E-state index is 12.7. The lowest BCUT2D eigenvalue weighted by atomic mass is 9.85. The molecule has 0 unspecified atom stereocenters. The van der Waals surface area contributed by atoms with E-state index < -0.39 is 10.0 Å². The molecule has 0 heterocycles. The van der Waals surface area contributed by atoms with Gasteiger partial charge in [-0.05, 0) is 61.7 Å². The Hall–Kier alpha value is -2.05. The molecule has 0 aromatic heterocycles. The van der Waals surface area contributed by atoms with Crippen molar-refractivity contribution in [1.29, 1.82) is 0 Å². The highest BCUT2D eigenvalue weighted by molar-refractivity contribution is 7.92. The highest BCUT2D eigenvalue weighted by Crippen LogP contribution is 2.29. The van der Waals surface area contributed by atoms with E-state index in [1.54, 1.807) is 43.3 Å². The lowest BCUT2D eigenvalue weighted by Crippen LogP contribution is -2.28. The number of anilines is 2. The fraction of sp³-hybridized carbons (Fsp3) is 0.278. The van der Waals surface area contributed by atoms with Gasteiger partial charge in [0.25, 0.3) is 10.0 Å². The fourth-order valence-electron chi connectivity index (χ4n) is 2.61. The molecule has 0 atom stereocenters. The van der Waals surface area contributed by atoms with E-state index in [4.69, 9.17) is 11.6 Å². The van der Waals surface area contributed by atoms with Gasteiger partial charge in [-0.3, -0.25) is 9.52 Å². The molecule has 0 bridgehead atoms. The van der Waals surface area contributed by atoms with Gasteiger partial charge < -0.3 is 5.32 Å². The van der Waals surface area contributed by atoms with Gasteiger partial charge in [-0.15, -0.1) is 0 Å². The standard InChI is InChI=1S/C18H19ClN2O3S/c1-12-5-8-16(20-18(22)13-3-2-4-13)11-17(12)25(23,24)21-15-9-6-14(19)7-10-15/h5-11,13,21H,2-4H2,1H3,(H,20,22). The number of carbonyl (C=O) groups excluding carboxylic acids is 1. The van der Waals surface area contributed by atoms with E-state index in [1.807, 2.05) is 0 Å². The van der Waals surface area contributed by atoms with Crippen molar-refractivity contribution in [3.63, 3.8) is 0 Å². The number of aryl methyl sites for hydroxylation is 1. The smallest absolute Gasteiger partial charge is 0.262 e. The number of hydrogen-bond acceptors (Lipinski definition) is 3. The molecule has 3 rings (SSSR count). The van der Waals surface area contributed by atoms with Crippen molar-refractivity contribution in [2.24, 2.45) is 5.92 Å². The maximum absolute atomic E-state index is 12.7. The first-order chi connectivity index (χ1) is 11.8. The van der Waals surface area contributed by atoms with Crippen LogP contribution in [0.2, 0.25) is 5.02 Å². The van der Waals surface area contributed by atoms with Crippen LogP contribution in [0.4, 0.5) is 11.4 Å². The summed E-state index contributed by atoms with van der Waals surface area (Å²) in [4.78, 5) is 12.2. The number of hydrogen-bond donors (Lipinski definition) is 2. The Bertz CT molecular complexity index is 891. The Kier molecular flexibility index (Phi) is 5.01. The molecule has 1 fully saturated rings. The molecule has 0 radical (unpaired) electrons. The van der Waals surface area contributed by atoms with Crippen molar-refractivity contribution < 1.29 is 13.2 Å². The third-order valence-electron chi connectivity index (χ3n) is 4.32. The monoisotopic (exact) mass is 378 g/mol. The Morgan fingerprint density at radius 1 is 1.08 bits per heavy atom. The van der Waals surface area contributed by atoms with Crippen molar-refractivity contribution in [2.75, 3.05) is 10.0 Å². The molecule has 2 aromatic rings. The summed E-state index contributed by atoms with van der Waals surface area (Å²) in [5.74, 6) is -0.0161. The summed E-state index contributed by atoms with van der Waals surface area (Å²) in [6, 6.07) is 11.3. The first kappa shape index (κ1) is 17.8. The van der Waals surface area contributed by atoms with E-state index in [1.165, 1.54) is 6.07 Å². The van der Waals surface area contributed by atoms with Crippen LogP contribution < -0.4 is 10.0 Å². The molecule has 1 aliphatic carbocycles. The molecule has 1 amide bonds. The molecule has 1 aliphatic rings. The number of carbonyl (C=O) groups is 1. The number of rotatable bonds is 5. The van der Waals surface area contributed by atoms with E-state index in [0.717, 1.165) is 19.3 Å². The van der Waals surface area contributed by atoms with Crippen molar-refractivity contribution in [2.45, 2.75) is 31.1 Å². The molecule has 0 saturated heterocycles. The average molecular weight is 379 g/mol. The van der Waals surface area contributed by atoms with E-state index in [9.17, 15) is 13.2 Å². The molecule has 25 heavy (non-hydrogen) atoms. The molecule has 7 heteroatoms. The van der Waals surface area contributed by atoms with Crippen LogP contribution in [-0.4, -0.2) is 14.3 Å². The SMILES string of the molecule is Cc1ccc(NC(=O)C2CCC2)cc1S(=O)(=O)Nc1ccc(Cl)cc1. The zero-order valence-electron chi connectivity index (χ0n) is 13.8. The molecule has 0 aliphatic heterocycles. The van der Waals surface area contributed by atoms with Crippen LogP contribution in [0.25, 0.3) is 0 Å². The van der Waals surface area contributed by atoms with Crippen molar-refractivity contribution in [1.82, 2.24) is 0 Å². The van der Waals surface area contributed by atoms with Crippen molar-refractivity contribution in [3.8, 4) is 0 Å². The number of sulfonamides is 1. The summed E-state index contributed by atoms with van der Waals surface area (Å²) in [7, 11) is -3.77. The number of amides is 1. The third kappa shape index (κ3) is 4.14. The molecule has 2 aromatic carbocycles. The summed E-state index contributed by atoms with van der Waals surface area (Å²) >= 11 is 5.82. The van der Waals surface area contributed by atoms with Gasteiger partial charge in [0.15, 0.2) is 0 Å². The quantitative estimate of drug-likeness (QED) is 0.819. The van der Waals surface area contributed by atoms with Crippen molar-refractivity contribution >= 4 is 38.9 Å². The van der Waals surface area contributed by atoms with Crippen LogP contribution >= 0.6 is 11.6 Å². The summed E-state index contributed by atoms with van der Waals surface area (Å²) in [6.07, 6.45) is 2.85. The second-order valence-electron chi connectivity index (χ2n) is 6.21. The Morgan fingerprint density at radius 3 is 2.32 bits per heavy atom. The topological polar surface area (TPSA) is 75.3 Å². The lowest BCUT2D eigenvalue weighted by Gasteiger charge is -2.24. The minimum atomic E-state index is -3.77.